The van der Waals surface area contributed by atoms with Crippen molar-refractivity contribution in [1.82, 2.24) is 20.4 Å². The molecule has 1 amide bonds. The number of hydrogen-bond donors (Lipinski definition) is 3. The first-order chi connectivity index (χ1) is 9.43. The van der Waals surface area contributed by atoms with Gasteiger partial charge in [0.05, 0.1) is 0 Å². The summed E-state index contributed by atoms with van der Waals surface area (Å²) in [5.41, 5.74) is 5.99. The van der Waals surface area contributed by atoms with Crippen LogP contribution in [-0.4, -0.2) is 47.2 Å². The topological polar surface area (TPSA) is 87.0 Å². The van der Waals surface area contributed by atoms with Crippen LogP contribution in [0.5, 0.6) is 0 Å². The SMILES string of the molecule is CC1CCCC(CNC(=O)c2cc(N)n[nH]2)(N(C)C)C1. The molecule has 6 heteroatoms. The van der Waals surface area contributed by atoms with E-state index in [0.717, 1.165) is 12.8 Å². The summed E-state index contributed by atoms with van der Waals surface area (Å²) in [6.45, 7) is 2.94. The Hall–Kier alpha value is -1.56. The second-order valence-electron chi connectivity index (χ2n) is 6.21. The van der Waals surface area contributed by atoms with Crippen molar-refractivity contribution < 1.29 is 4.79 Å². The number of H-pyrrole nitrogens is 1. The molecule has 1 aromatic heterocycles. The third kappa shape index (κ3) is 3.12. The van der Waals surface area contributed by atoms with Crippen LogP contribution in [0.2, 0.25) is 0 Å². The zero-order chi connectivity index (χ0) is 14.8. The van der Waals surface area contributed by atoms with Gasteiger partial charge in [0.2, 0.25) is 0 Å². The summed E-state index contributed by atoms with van der Waals surface area (Å²) in [4.78, 5) is 14.3. The second-order valence-corrected chi connectivity index (χ2v) is 6.21. The molecule has 2 rings (SSSR count). The van der Waals surface area contributed by atoms with Crippen LogP contribution in [0.4, 0.5) is 5.82 Å². The van der Waals surface area contributed by atoms with Crippen LogP contribution >= 0.6 is 0 Å². The fourth-order valence-electron chi connectivity index (χ4n) is 3.15. The number of nitrogens with two attached hydrogens (primary N) is 1. The highest BCUT2D eigenvalue weighted by Gasteiger charge is 2.37. The van der Waals surface area contributed by atoms with Gasteiger partial charge in [0.15, 0.2) is 0 Å². The molecule has 0 radical (unpaired) electrons. The van der Waals surface area contributed by atoms with E-state index in [-0.39, 0.29) is 11.4 Å². The maximum absolute atomic E-state index is 12.1. The Labute approximate surface area is 120 Å². The van der Waals surface area contributed by atoms with Crippen molar-refractivity contribution >= 4 is 11.7 Å². The van der Waals surface area contributed by atoms with Crippen LogP contribution in [0.15, 0.2) is 6.07 Å². The van der Waals surface area contributed by atoms with Gasteiger partial charge in [0, 0.05) is 18.2 Å². The van der Waals surface area contributed by atoms with Gasteiger partial charge in [0.1, 0.15) is 11.5 Å². The minimum absolute atomic E-state index is 0.0545. The van der Waals surface area contributed by atoms with Crippen LogP contribution < -0.4 is 11.1 Å². The lowest BCUT2D eigenvalue weighted by molar-refractivity contribution is 0.0673. The van der Waals surface area contributed by atoms with E-state index in [2.05, 4.69) is 41.4 Å². The van der Waals surface area contributed by atoms with Gasteiger partial charge in [-0.05, 0) is 32.9 Å². The van der Waals surface area contributed by atoms with E-state index < -0.39 is 0 Å². The Morgan fingerprint density at radius 1 is 1.65 bits per heavy atom. The lowest BCUT2D eigenvalue weighted by Crippen LogP contribution is -2.55. The third-order valence-corrected chi connectivity index (χ3v) is 4.44. The molecular formula is C14H25N5O. The highest BCUT2D eigenvalue weighted by atomic mass is 16.1. The standard InChI is InChI=1S/C14H25N5O/c1-10-5-4-6-14(8-10,19(2)3)9-16-13(20)11-7-12(15)18-17-11/h7,10H,4-6,8-9H2,1-3H3,(H,16,20)(H3,15,17,18). The summed E-state index contributed by atoms with van der Waals surface area (Å²) in [5, 5.41) is 9.44. The van der Waals surface area contributed by atoms with E-state index in [0.29, 0.717) is 24.0 Å². The molecule has 0 saturated heterocycles. The van der Waals surface area contributed by atoms with Crippen molar-refractivity contribution in [2.24, 2.45) is 5.92 Å². The molecule has 1 saturated carbocycles. The van der Waals surface area contributed by atoms with E-state index in [1.54, 1.807) is 6.07 Å². The molecule has 0 aliphatic heterocycles. The molecular weight excluding hydrogens is 254 g/mol. The summed E-state index contributed by atoms with van der Waals surface area (Å²) in [6.07, 6.45) is 4.73. The van der Waals surface area contributed by atoms with Gasteiger partial charge in [-0.1, -0.05) is 19.8 Å². The minimum Gasteiger partial charge on any atom is -0.382 e. The van der Waals surface area contributed by atoms with E-state index in [1.807, 2.05) is 0 Å². The number of nitrogens with zero attached hydrogens (tertiary/aromatic N) is 2. The first-order valence-corrected chi connectivity index (χ1v) is 7.19. The van der Waals surface area contributed by atoms with Crippen molar-refractivity contribution in [3.8, 4) is 0 Å². The first kappa shape index (κ1) is 14.8. The number of nitrogen functional groups attached to an aromatic ring is 1. The fraction of sp³-hybridized carbons (Fsp3) is 0.714. The highest BCUT2D eigenvalue weighted by molar-refractivity contribution is 5.92. The molecule has 20 heavy (non-hydrogen) atoms. The number of carbonyl (C=O) groups excluding carboxylic acids is 1. The fourth-order valence-corrected chi connectivity index (χ4v) is 3.15. The number of hydrogen-bond acceptors (Lipinski definition) is 4. The second kappa shape index (κ2) is 5.83. The number of carbonyl (C=O) groups is 1. The van der Waals surface area contributed by atoms with Crippen molar-refractivity contribution in [3.05, 3.63) is 11.8 Å². The number of anilines is 1. The molecule has 1 aromatic rings. The van der Waals surface area contributed by atoms with Crippen LogP contribution in [0.1, 0.15) is 43.1 Å². The predicted octanol–water partition coefficient (Wildman–Crippen LogP) is 1.23. The van der Waals surface area contributed by atoms with Crippen molar-refractivity contribution in [3.63, 3.8) is 0 Å². The van der Waals surface area contributed by atoms with Gasteiger partial charge >= 0.3 is 0 Å². The molecule has 1 aliphatic carbocycles. The monoisotopic (exact) mass is 279 g/mol. The van der Waals surface area contributed by atoms with E-state index in [4.69, 9.17) is 5.73 Å². The van der Waals surface area contributed by atoms with Crippen molar-refractivity contribution in [2.45, 2.75) is 38.1 Å². The highest BCUT2D eigenvalue weighted by Crippen LogP contribution is 2.35. The minimum atomic E-state index is -0.145. The quantitative estimate of drug-likeness (QED) is 0.773. The average Bonchev–Trinajstić information content (AvgIpc) is 2.82. The Balaban J connectivity index is 2.00. The summed E-state index contributed by atoms with van der Waals surface area (Å²) < 4.78 is 0. The molecule has 2 unspecified atom stereocenters. The smallest absolute Gasteiger partial charge is 0.269 e. The number of nitrogens with one attached hydrogen (secondary N) is 2. The Kier molecular flexibility index (Phi) is 4.32. The zero-order valence-corrected chi connectivity index (χ0v) is 12.6. The Morgan fingerprint density at radius 2 is 2.40 bits per heavy atom. The number of aromatic nitrogens is 2. The van der Waals surface area contributed by atoms with Crippen LogP contribution in [0.3, 0.4) is 0 Å². The zero-order valence-electron chi connectivity index (χ0n) is 12.6. The number of amides is 1. The van der Waals surface area contributed by atoms with Gasteiger partial charge in [-0.15, -0.1) is 0 Å². The van der Waals surface area contributed by atoms with E-state index in [1.165, 1.54) is 12.8 Å². The Bertz CT molecular complexity index is 470. The molecule has 0 aromatic carbocycles. The predicted molar refractivity (Wildman–Crippen MR) is 79.4 cm³/mol. The summed E-state index contributed by atoms with van der Waals surface area (Å²) in [5.74, 6) is 0.892. The molecule has 1 aliphatic rings. The molecule has 112 valence electrons. The van der Waals surface area contributed by atoms with Gasteiger partial charge in [-0.3, -0.25) is 9.89 Å². The van der Waals surface area contributed by atoms with Crippen LogP contribution in [0, 0.1) is 5.92 Å². The number of likely N-dealkylation sites (N-methyl/N-ethyl adjacent to an activating group) is 1. The normalized spacial score (nSPS) is 26.7. The van der Waals surface area contributed by atoms with Gasteiger partial charge < -0.3 is 16.0 Å². The van der Waals surface area contributed by atoms with Gasteiger partial charge in [0.25, 0.3) is 5.91 Å². The maximum Gasteiger partial charge on any atom is 0.269 e. The largest absolute Gasteiger partial charge is 0.382 e. The molecule has 4 N–H and O–H groups in total. The van der Waals surface area contributed by atoms with Gasteiger partial charge in [-0.25, -0.2) is 0 Å². The molecule has 1 fully saturated rings. The molecule has 2 atom stereocenters. The van der Waals surface area contributed by atoms with Crippen molar-refractivity contribution in [2.75, 3.05) is 26.4 Å². The third-order valence-electron chi connectivity index (χ3n) is 4.44. The summed E-state index contributed by atoms with van der Waals surface area (Å²) >= 11 is 0. The number of rotatable bonds is 4. The Morgan fingerprint density at radius 3 is 2.95 bits per heavy atom. The first-order valence-electron chi connectivity index (χ1n) is 7.19. The molecule has 6 nitrogen and oxygen atoms in total. The van der Waals surface area contributed by atoms with Crippen LogP contribution in [0.25, 0.3) is 0 Å². The van der Waals surface area contributed by atoms with Crippen LogP contribution in [-0.2, 0) is 0 Å². The van der Waals surface area contributed by atoms with E-state index in [9.17, 15) is 4.79 Å². The maximum atomic E-state index is 12.1. The number of aromatic amines is 1. The van der Waals surface area contributed by atoms with Gasteiger partial charge in [-0.2, -0.15) is 5.10 Å². The summed E-state index contributed by atoms with van der Waals surface area (Å²) in [6, 6.07) is 1.56. The summed E-state index contributed by atoms with van der Waals surface area (Å²) in [7, 11) is 4.19. The molecule has 0 spiro atoms. The van der Waals surface area contributed by atoms with Crippen molar-refractivity contribution in [1.29, 1.82) is 0 Å². The lowest BCUT2D eigenvalue weighted by atomic mass is 9.75. The van der Waals surface area contributed by atoms with E-state index >= 15 is 0 Å². The molecule has 0 bridgehead atoms. The lowest BCUT2D eigenvalue weighted by Gasteiger charge is -2.45. The average molecular weight is 279 g/mol. The molecule has 1 heterocycles.